The van der Waals surface area contributed by atoms with E-state index in [0.717, 1.165) is 47.2 Å². The Morgan fingerprint density at radius 1 is 1.09 bits per heavy atom. The first-order valence-electron chi connectivity index (χ1n) is 11.7. The van der Waals surface area contributed by atoms with Gasteiger partial charge in [-0.05, 0) is 51.2 Å². The number of carbonyl (C=O) groups excluding carboxylic acids is 1. The van der Waals surface area contributed by atoms with Crippen LogP contribution in [0.3, 0.4) is 0 Å². The highest BCUT2D eigenvalue weighted by Crippen LogP contribution is 2.42. The Morgan fingerprint density at radius 3 is 2.40 bits per heavy atom. The van der Waals surface area contributed by atoms with Crippen LogP contribution in [-0.4, -0.2) is 26.1 Å². The fourth-order valence-electron chi connectivity index (χ4n) is 4.51. The van der Waals surface area contributed by atoms with Gasteiger partial charge in [-0.1, -0.05) is 54.6 Å². The molecule has 2 aromatic heterocycles. The van der Waals surface area contributed by atoms with Gasteiger partial charge in [0.25, 0.3) is 0 Å². The average molecular weight is 466 g/mol. The molecule has 0 radical (unpaired) electrons. The van der Waals surface area contributed by atoms with E-state index in [0.29, 0.717) is 11.5 Å². The lowest BCUT2D eigenvalue weighted by Gasteiger charge is -2.43. The number of fused-ring (bicyclic) bond motifs is 1. The highest BCUT2D eigenvalue weighted by molar-refractivity contribution is 5.81. The molecule has 0 saturated heterocycles. The molecular weight excluding hydrogens is 438 g/mol. The van der Waals surface area contributed by atoms with Crippen LogP contribution in [0, 0.1) is 11.3 Å². The number of ether oxygens (including phenoxy) is 1. The zero-order valence-electron chi connectivity index (χ0n) is 20.1. The van der Waals surface area contributed by atoms with Crippen molar-refractivity contribution in [2.24, 2.45) is 0 Å². The third-order valence-corrected chi connectivity index (χ3v) is 6.36. The largest absolute Gasteiger partial charge is 0.444 e. The predicted molar refractivity (Wildman–Crippen MR) is 133 cm³/mol. The lowest BCUT2D eigenvalue weighted by Crippen LogP contribution is -2.52. The molecule has 1 aliphatic carbocycles. The summed E-state index contributed by atoms with van der Waals surface area (Å²) in [4.78, 5) is 21.6. The Bertz CT molecular complexity index is 1420. The lowest BCUT2D eigenvalue weighted by atomic mass is 9.71. The topological polar surface area (TPSA) is 92.3 Å². The van der Waals surface area contributed by atoms with Crippen molar-refractivity contribution < 1.29 is 9.53 Å². The Labute approximate surface area is 204 Å². The smallest absolute Gasteiger partial charge is 0.408 e. The number of imidazole rings is 1. The lowest BCUT2D eigenvalue weighted by molar-refractivity contribution is 0.0377. The van der Waals surface area contributed by atoms with Gasteiger partial charge in [0.15, 0.2) is 0 Å². The Hall–Kier alpha value is -4.18. The molecule has 1 saturated carbocycles. The van der Waals surface area contributed by atoms with Crippen LogP contribution in [0.25, 0.3) is 28.2 Å². The molecule has 0 unspecified atom stereocenters. The minimum atomic E-state index is -0.546. The average Bonchev–Trinajstić information content (AvgIpc) is 3.22. The summed E-state index contributed by atoms with van der Waals surface area (Å²) in [6.07, 6.45) is 5.85. The van der Waals surface area contributed by atoms with Crippen LogP contribution in [0.1, 0.15) is 51.3 Å². The molecule has 176 valence electrons. The predicted octanol–water partition coefficient (Wildman–Crippen LogP) is 5.84. The molecule has 35 heavy (non-hydrogen) atoms. The Morgan fingerprint density at radius 2 is 1.80 bits per heavy atom. The molecule has 0 bridgehead atoms. The number of rotatable bonds is 4. The number of aromatic nitrogens is 3. The second-order valence-corrected chi connectivity index (χ2v) is 9.93. The van der Waals surface area contributed by atoms with Crippen LogP contribution < -0.4 is 5.32 Å². The third-order valence-electron chi connectivity index (χ3n) is 6.36. The molecule has 0 atom stereocenters. The number of alkyl carbamates (subject to hydrolysis) is 1. The van der Waals surface area contributed by atoms with Crippen molar-refractivity contribution in [1.29, 1.82) is 5.26 Å². The normalized spacial score (nSPS) is 14.7. The molecule has 0 aliphatic heterocycles. The van der Waals surface area contributed by atoms with Gasteiger partial charge in [0.1, 0.15) is 17.4 Å². The van der Waals surface area contributed by atoms with Crippen molar-refractivity contribution in [2.75, 3.05) is 0 Å². The monoisotopic (exact) mass is 465 g/mol. The zero-order valence-corrected chi connectivity index (χ0v) is 20.1. The number of hydrogen-bond acceptors (Lipinski definition) is 5. The first-order chi connectivity index (χ1) is 16.8. The summed E-state index contributed by atoms with van der Waals surface area (Å²) in [7, 11) is 0. The maximum atomic E-state index is 12.5. The van der Waals surface area contributed by atoms with Crippen molar-refractivity contribution >= 4 is 11.9 Å². The van der Waals surface area contributed by atoms with Crippen LogP contribution >= 0.6 is 0 Å². The van der Waals surface area contributed by atoms with E-state index < -0.39 is 17.2 Å². The zero-order chi connectivity index (χ0) is 24.6. The molecule has 1 amide bonds. The van der Waals surface area contributed by atoms with Crippen LogP contribution in [0.4, 0.5) is 4.79 Å². The second-order valence-electron chi connectivity index (χ2n) is 9.93. The van der Waals surface area contributed by atoms with Gasteiger partial charge in [-0.25, -0.2) is 14.8 Å². The molecule has 1 aliphatic rings. The van der Waals surface area contributed by atoms with Crippen LogP contribution in [0.5, 0.6) is 0 Å². The Balaban J connectivity index is 1.53. The van der Waals surface area contributed by atoms with Crippen LogP contribution in [0.2, 0.25) is 0 Å². The molecule has 1 fully saturated rings. The SMILES string of the molecule is CC(C)(C)OC(=O)NC1(c2ccc(-c3nc4ncc(C#N)n4cc3-c3ccccc3)cc2)CCC1. The highest BCUT2D eigenvalue weighted by atomic mass is 16.6. The van der Waals surface area contributed by atoms with E-state index in [2.05, 4.69) is 28.5 Å². The number of nitriles is 1. The van der Waals surface area contributed by atoms with Gasteiger partial charge >= 0.3 is 6.09 Å². The van der Waals surface area contributed by atoms with E-state index in [4.69, 9.17) is 9.72 Å². The van der Waals surface area contributed by atoms with Crippen LogP contribution in [-0.2, 0) is 10.3 Å². The maximum Gasteiger partial charge on any atom is 0.408 e. The summed E-state index contributed by atoms with van der Waals surface area (Å²) < 4.78 is 7.22. The number of amides is 1. The molecule has 4 aromatic rings. The number of benzene rings is 2. The molecule has 5 rings (SSSR count). The van der Waals surface area contributed by atoms with Crippen molar-refractivity contribution in [3.8, 4) is 28.5 Å². The summed E-state index contributed by atoms with van der Waals surface area (Å²) in [5.41, 5.74) is 4.16. The molecule has 0 spiro atoms. The minimum Gasteiger partial charge on any atom is -0.444 e. The highest BCUT2D eigenvalue weighted by Gasteiger charge is 2.41. The van der Waals surface area contributed by atoms with Gasteiger partial charge in [0, 0.05) is 17.3 Å². The molecule has 2 aromatic carbocycles. The second kappa shape index (κ2) is 8.55. The number of nitrogens with zero attached hydrogens (tertiary/aromatic N) is 4. The molecular formula is C28H27N5O2. The first-order valence-corrected chi connectivity index (χ1v) is 11.7. The Kier molecular flexibility index (Phi) is 5.52. The molecule has 2 heterocycles. The van der Waals surface area contributed by atoms with Crippen LogP contribution in [0.15, 0.2) is 67.0 Å². The number of carbonyl (C=O) groups is 1. The van der Waals surface area contributed by atoms with E-state index in [-0.39, 0.29) is 0 Å². The fourth-order valence-corrected chi connectivity index (χ4v) is 4.51. The quantitative estimate of drug-likeness (QED) is 0.409. The van der Waals surface area contributed by atoms with Gasteiger partial charge < -0.3 is 10.1 Å². The van der Waals surface area contributed by atoms with E-state index in [1.807, 2.05) is 69.4 Å². The van der Waals surface area contributed by atoms with Gasteiger partial charge in [-0.3, -0.25) is 4.40 Å². The van der Waals surface area contributed by atoms with Gasteiger partial charge in [-0.2, -0.15) is 5.26 Å². The molecule has 7 nitrogen and oxygen atoms in total. The van der Waals surface area contributed by atoms with Crippen molar-refractivity contribution in [2.45, 2.75) is 51.2 Å². The number of nitrogens with one attached hydrogen (secondary N) is 1. The summed E-state index contributed by atoms with van der Waals surface area (Å²) in [6.45, 7) is 5.59. The van der Waals surface area contributed by atoms with Crippen molar-refractivity contribution in [1.82, 2.24) is 19.7 Å². The summed E-state index contributed by atoms with van der Waals surface area (Å²) in [5.74, 6) is 0.474. The summed E-state index contributed by atoms with van der Waals surface area (Å²) >= 11 is 0. The van der Waals surface area contributed by atoms with E-state index >= 15 is 0 Å². The maximum absolute atomic E-state index is 12.5. The number of hydrogen-bond donors (Lipinski definition) is 1. The van der Waals surface area contributed by atoms with E-state index in [9.17, 15) is 10.1 Å². The van der Waals surface area contributed by atoms with E-state index in [1.54, 1.807) is 4.40 Å². The first kappa shape index (κ1) is 22.6. The van der Waals surface area contributed by atoms with E-state index in [1.165, 1.54) is 6.20 Å². The summed E-state index contributed by atoms with van der Waals surface area (Å²) in [6, 6.07) is 20.3. The fraction of sp³-hybridized carbons (Fsp3) is 0.286. The van der Waals surface area contributed by atoms with Gasteiger partial charge in [-0.15, -0.1) is 0 Å². The van der Waals surface area contributed by atoms with Gasteiger partial charge in [0.2, 0.25) is 5.78 Å². The molecule has 7 heteroatoms. The van der Waals surface area contributed by atoms with Crippen molar-refractivity contribution in [3.05, 3.63) is 78.2 Å². The minimum absolute atomic E-state index is 0.396. The van der Waals surface area contributed by atoms with Crippen molar-refractivity contribution in [3.63, 3.8) is 0 Å². The third kappa shape index (κ3) is 4.35. The summed E-state index contributed by atoms with van der Waals surface area (Å²) in [5, 5.41) is 12.6. The molecule has 1 N–H and O–H groups in total. The van der Waals surface area contributed by atoms with Gasteiger partial charge in [0.05, 0.1) is 17.4 Å². The standard InChI is InChI=1S/C28H27N5O2/c1-27(2,3)35-26(34)32-28(14-7-15-28)21-12-10-20(11-13-21)24-23(19-8-5-4-6-9-19)18-33-22(16-29)17-30-25(33)31-24/h4-6,8-13,17-18H,7,14-15H2,1-3H3,(H,32,34).